The number of carbonyl (C=O) groups is 1. The Balaban J connectivity index is 2.71. The topological polar surface area (TPSA) is 66.0 Å². The molecule has 0 saturated carbocycles. The molecule has 1 aromatic rings. The summed E-state index contributed by atoms with van der Waals surface area (Å²) in [4.78, 5) is 11.5. The molecular formula is C10H12N2O2. The highest BCUT2D eigenvalue weighted by Crippen LogP contribution is 2.09. The Morgan fingerprint density at radius 2 is 2.50 bits per heavy atom. The standard InChI is InChI=1S/C10H12N2O2/c1-3-10(2,7-11)12-9(13)8-5-4-6-14-8/h4-6H,3H2,1-2H3,(H,12,13). The second kappa shape index (κ2) is 3.97. The SMILES string of the molecule is CCC(C)(C#N)NC(=O)c1ccco1. The molecule has 1 amide bonds. The monoisotopic (exact) mass is 192 g/mol. The Kier molecular flexibility index (Phi) is 2.92. The lowest BCUT2D eigenvalue weighted by atomic mass is 10.0. The van der Waals surface area contributed by atoms with E-state index in [-0.39, 0.29) is 11.7 Å². The minimum Gasteiger partial charge on any atom is -0.459 e. The predicted molar refractivity (Wildman–Crippen MR) is 50.5 cm³/mol. The fourth-order valence-electron chi connectivity index (χ4n) is 0.915. The minimum atomic E-state index is -0.829. The molecule has 1 aromatic heterocycles. The van der Waals surface area contributed by atoms with E-state index in [1.54, 1.807) is 19.1 Å². The summed E-state index contributed by atoms with van der Waals surface area (Å²) in [5.74, 6) is -0.138. The number of nitrogens with zero attached hydrogens (tertiary/aromatic N) is 1. The van der Waals surface area contributed by atoms with Crippen molar-refractivity contribution < 1.29 is 9.21 Å². The minimum absolute atomic E-state index is 0.222. The third-order valence-corrected chi connectivity index (χ3v) is 2.09. The maximum Gasteiger partial charge on any atom is 0.288 e. The summed E-state index contributed by atoms with van der Waals surface area (Å²) in [5, 5.41) is 11.4. The van der Waals surface area contributed by atoms with Crippen LogP contribution in [0.2, 0.25) is 0 Å². The summed E-state index contributed by atoms with van der Waals surface area (Å²) in [6, 6.07) is 5.24. The zero-order chi connectivity index (χ0) is 10.6. The summed E-state index contributed by atoms with van der Waals surface area (Å²) < 4.78 is 4.91. The lowest BCUT2D eigenvalue weighted by molar-refractivity contribution is 0.0894. The van der Waals surface area contributed by atoms with Gasteiger partial charge in [-0.1, -0.05) is 6.92 Å². The van der Waals surface area contributed by atoms with Crippen molar-refractivity contribution in [2.24, 2.45) is 0 Å². The molecule has 1 atom stereocenters. The van der Waals surface area contributed by atoms with Crippen LogP contribution in [0.15, 0.2) is 22.8 Å². The zero-order valence-corrected chi connectivity index (χ0v) is 8.20. The number of hydrogen-bond donors (Lipinski definition) is 1. The van der Waals surface area contributed by atoms with Crippen molar-refractivity contribution in [3.63, 3.8) is 0 Å². The summed E-state index contributed by atoms with van der Waals surface area (Å²) in [5.41, 5.74) is -0.829. The van der Waals surface area contributed by atoms with E-state index in [9.17, 15) is 4.79 Å². The van der Waals surface area contributed by atoms with E-state index in [4.69, 9.17) is 9.68 Å². The highest BCUT2D eigenvalue weighted by atomic mass is 16.3. The summed E-state index contributed by atoms with van der Waals surface area (Å²) in [6.07, 6.45) is 1.97. The normalized spacial score (nSPS) is 14.1. The largest absolute Gasteiger partial charge is 0.459 e. The van der Waals surface area contributed by atoms with Gasteiger partial charge in [0.1, 0.15) is 5.54 Å². The number of amides is 1. The molecule has 0 spiro atoms. The van der Waals surface area contributed by atoms with E-state index in [0.29, 0.717) is 6.42 Å². The molecule has 0 radical (unpaired) electrons. The lowest BCUT2D eigenvalue weighted by Crippen LogP contribution is -2.44. The molecule has 1 N–H and O–H groups in total. The molecule has 1 rings (SSSR count). The highest BCUT2D eigenvalue weighted by Gasteiger charge is 2.25. The van der Waals surface area contributed by atoms with Crippen LogP contribution in [0.4, 0.5) is 0 Å². The molecule has 14 heavy (non-hydrogen) atoms. The van der Waals surface area contributed by atoms with Gasteiger partial charge in [-0.25, -0.2) is 0 Å². The van der Waals surface area contributed by atoms with Crippen LogP contribution >= 0.6 is 0 Å². The molecular weight excluding hydrogens is 180 g/mol. The first-order valence-corrected chi connectivity index (χ1v) is 4.38. The van der Waals surface area contributed by atoms with E-state index in [0.717, 1.165) is 0 Å². The van der Waals surface area contributed by atoms with Gasteiger partial charge in [0, 0.05) is 0 Å². The van der Waals surface area contributed by atoms with Gasteiger partial charge >= 0.3 is 0 Å². The first kappa shape index (κ1) is 10.3. The van der Waals surface area contributed by atoms with E-state index in [1.807, 2.05) is 13.0 Å². The number of hydrogen-bond acceptors (Lipinski definition) is 3. The fraction of sp³-hybridized carbons (Fsp3) is 0.400. The Bertz CT molecular complexity index is 351. The molecule has 0 fully saturated rings. The molecule has 0 saturated heterocycles. The third-order valence-electron chi connectivity index (χ3n) is 2.09. The van der Waals surface area contributed by atoms with Crippen LogP contribution in [0.3, 0.4) is 0 Å². The quantitative estimate of drug-likeness (QED) is 0.792. The highest BCUT2D eigenvalue weighted by molar-refractivity contribution is 5.92. The van der Waals surface area contributed by atoms with Crippen molar-refractivity contribution in [2.45, 2.75) is 25.8 Å². The van der Waals surface area contributed by atoms with Gasteiger partial charge in [-0.2, -0.15) is 5.26 Å². The van der Waals surface area contributed by atoms with Gasteiger partial charge in [0.05, 0.1) is 12.3 Å². The van der Waals surface area contributed by atoms with Crippen LogP contribution in [0.5, 0.6) is 0 Å². The molecule has 4 heteroatoms. The Labute approximate surface area is 82.5 Å². The molecule has 1 unspecified atom stereocenters. The summed E-state index contributed by atoms with van der Waals surface area (Å²) in [6.45, 7) is 3.51. The van der Waals surface area contributed by atoms with Crippen molar-refractivity contribution >= 4 is 5.91 Å². The summed E-state index contributed by atoms with van der Waals surface area (Å²) in [7, 11) is 0. The number of rotatable bonds is 3. The van der Waals surface area contributed by atoms with Gasteiger partial charge in [0.2, 0.25) is 0 Å². The van der Waals surface area contributed by atoms with Gasteiger partial charge in [-0.3, -0.25) is 4.79 Å². The van der Waals surface area contributed by atoms with E-state index in [1.165, 1.54) is 6.26 Å². The summed E-state index contributed by atoms with van der Waals surface area (Å²) >= 11 is 0. The molecule has 0 aliphatic rings. The van der Waals surface area contributed by atoms with Gasteiger partial charge in [0.25, 0.3) is 5.91 Å². The Morgan fingerprint density at radius 3 is 2.93 bits per heavy atom. The number of nitriles is 1. The molecule has 74 valence electrons. The average molecular weight is 192 g/mol. The van der Waals surface area contributed by atoms with Gasteiger partial charge in [0.15, 0.2) is 5.76 Å². The number of carbonyl (C=O) groups excluding carboxylic acids is 1. The van der Waals surface area contributed by atoms with Crippen LogP contribution in [-0.2, 0) is 0 Å². The van der Waals surface area contributed by atoms with Gasteiger partial charge < -0.3 is 9.73 Å². The number of furan rings is 1. The fourth-order valence-corrected chi connectivity index (χ4v) is 0.915. The molecule has 0 bridgehead atoms. The molecule has 0 aliphatic carbocycles. The van der Waals surface area contributed by atoms with E-state index >= 15 is 0 Å². The first-order chi connectivity index (χ1) is 6.61. The average Bonchev–Trinajstić information content (AvgIpc) is 2.70. The van der Waals surface area contributed by atoms with Crippen molar-refractivity contribution in [2.75, 3.05) is 0 Å². The molecule has 0 aromatic carbocycles. The van der Waals surface area contributed by atoms with E-state index in [2.05, 4.69) is 5.32 Å². The lowest BCUT2D eigenvalue weighted by Gasteiger charge is -2.20. The maximum absolute atomic E-state index is 11.5. The Hall–Kier alpha value is -1.76. The van der Waals surface area contributed by atoms with Crippen LogP contribution in [0.25, 0.3) is 0 Å². The Morgan fingerprint density at radius 1 is 1.79 bits per heavy atom. The van der Waals surface area contributed by atoms with Crippen molar-refractivity contribution in [3.05, 3.63) is 24.2 Å². The van der Waals surface area contributed by atoms with Crippen molar-refractivity contribution in [1.82, 2.24) is 5.32 Å². The van der Waals surface area contributed by atoms with Crippen molar-refractivity contribution in [1.29, 1.82) is 5.26 Å². The predicted octanol–water partition coefficient (Wildman–Crippen LogP) is 1.70. The second-order valence-electron chi connectivity index (χ2n) is 3.23. The zero-order valence-electron chi connectivity index (χ0n) is 8.20. The third kappa shape index (κ3) is 2.13. The molecule has 1 heterocycles. The maximum atomic E-state index is 11.5. The van der Waals surface area contributed by atoms with Crippen molar-refractivity contribution in [3.8, 4) is 6.07 Å². The van der Waals surface area contributed by atoms with Crippen LogP contribution in [-0.4, -0.2) is 11.4 Å². The van der Waals surface area contributed by atoms with Crippen LogP contribution in [0, 0.1) is 11.3 Å². The van der Waals surface area contributed by atoms with Gasteiger partial charge in [-0.15, -0.1) is 0 Å². The first-order valence-electron chi connectivity index (χ1n) is 4.38. The molecule has 0 aliphatic heterocycles. The van der Waals surface area contributed by atoms with Gasteiger partial charge in [-0.05, 0) is 25.5 Å². The van der Waals surface area contributed by atoms with E-state index < -0.39 is 5.54 Å². The van der Waals surface area contributed by atoms with Crippen LogP contribution < -0.4 is 5.32 Å². The molecule has 4 nitrogen and oxygen atoms in total. The second-order valence-corrected chi connectivity index (χ2v) is 3.23. The van der Waals surface area contributed by atoms with Crippen LogP contribution in [0.1, 0.15) is 30.8 Å². The smallest absolute Gasteiger partial charge is 0.288 e. The number of nitrogens with one attached hydrogen (secondary N) is 1.